The summed E-state index contributed by atoms with van der Waals surface area (Å²) in [6.07, 6.45) is 6.21. The van der Waals surface area contributed by atoms with Crippen LogP contribution in [0.2, 0.25) is 0 Å². The predicted molar refractivity (Wildman–Crippen MR) is 101 cm³/mol. The molecule has 1 saturated heterocycles. The second-order valence-corrected chi connectivity index (χ2v) is 7.93. The maximum atomic E-state index is 13.0. The van der Waals surface area contributed by atoms with Crippen LogP contribution in [0.25, 0.3) is 5.69 Å². The molecule has 3 rings (SSSR count). The quantitative estimate of drug-likeness (QED) is 0.762. The van der Waals surface area contributed by atoms with E-state index < -0.39 is 0 Å². The molecule has 1 aliphatic heterocycles. The standard InChI is InChI=1S/C19H26N4OS/c1-4-16-10-7-8-12-22(16)18(24)15(3)25-19-21-20-13-23(19)17-11-6-5-9-14(17)2/h5-6,9,11,13,15-16H,4,7-8,10,12H2,1-3H3. The first kappa shape index (κ1) is 18.0. The Morgan fingerprint density at radius 2 is 2.16 bits per heavy atom. The zero-order valence-electron chi connectivity index (χ0n) is 15.2. The van der Waals surface area contributed by atoms with Gasteiger partial charge in [-0.3, -0.25) is 9.36 Å². The number of likely N-dealkylation sites (tertiary alicyclic amines) is 1. The third-order valence-corrected chi connectivity index (χ3v) is 5.95. The van der Waals surface area contributed by atoms with E-state index in [4.69, 9.17) is 0 Å². The van der Waals surface area contributed by atoms with Gasteiger partial charge < -0.3 is 4.90 Å². The number of hydrogen-bond donors (Lipinski definition) is 0. The van der Waals surface area contributed by atoms with Crippen molar-refractivity contribution in [2.45, 2.75) is 62.9 Å². The van der Waals surface area contributed by atoms with Gasteiger partial charge in [0.15, 0.2) is 5.16 Å². The van der Waals surface area contributed by atoms with Crippen molar-refractivity contribution in [3.8, 4) is 5.69 Å². The van der Waals surface area contributed by atoms with E-state index in [2.05, 4.69) is 35.0 Å². The van der Waals surface area contributed by atoms with Crippen LogP contribution in [0.3, 0.4) is 0 Å². The van der Waals surface area contributed by atoms with Crippen molar-refractivity contribution in [2.24, 2.45) is 0 Å². The maximum absolute atomic E-state index is 13.0. The smallest absolute Gasteiger partial charge is 0.236 e. The van der Waals surface area contributed by atoms with E-state index >= 15 is 0 Å². The minimum atomic E-state index is -0.167. The van der Waals surface area contributed by atoms with Gasteiger partial charge in [0.05, 0.1) is 10.9 Å². The van der Waals surface area contributed by atoms with E-state index in [9.17, 15) is 4.79 Å². The normalized spacial score (nSPS) is 19.0. The highest BCUT2D eigenvalue weighted by Gasteiger charge is 2.30. The summed E-state index contributed by atoms with van der Waals surface area (Å²) in [5.74, 6) is 0.218. The van der Waals surface area contributed by atoms with Crippen molar-refractivity contribution < 1.29 is 4.79 Å². The van der Waals surface area contributed by atoms with Crippen molar-refractivity contribution >= 4 is 17.7 Å². The van der Waals surface area contributed by atoms with Gasteiger partial charge in [0.25, 0.3) is 0 Å². The van der Waals surface area contributed by atoms with Crippen LogP contribution < -0.4 is 0 Å². The molecule has 0 N–H and O–H groups in total. The minimum Gasteiger partial charge on any atom is -0.339 e. The van der Waals surface area contributed by atoms with Crippen LogP contribution >= 0.6 is 11.8 Å². The summed E-state index contributed by atoms with van der Waals surface area (Å²) < 4.78 is 1.97. The summed E-state index contributed by atoms with van der Waals surface area (Å²) in [7, 11) is 0. The summed E-state index contributed by atoms with van der Waals surface area (Å²) >= 11 is 1.49. The van der Waals surface area contributed by atoms with Gasteiger partial charge in [-0.25, -0.2) is 0 Å². The summed E-state index contributed by atoms with van der Waals surface area (Å²) in [4.78, 5) is 15.0. The van der Waals surface area contributed by atoms with Gasteiger partial charge in [-0.1, -0.05) is 36.9 Å². The van der Waals surface area contributed by atoms with Gasteiger partial charge in [-0.05, 0) is 51.2 Å². The average molecular weight is 359 g/mol. The molecule has 1 aromatic carbocycles. The lowest BCUT2D eigenvalue weighted by Gasteiger charge is -2.36. The molecule has 134 valence electrons. The molecule has 2 unspecified atom stereocenters. The number of aromatic nitrogens is 3. The molecule has 25 heavy (non-hydrogen) atoms. The topological polar surface area (TPSA) is 51.0 Å². The number of hydrogen-bond acceptors (Lipinski definition) is 4. The van der Waals surface area contributed by atoms with Gasteiger partial charge in [-0.15, -0.1) is 10.2 Å². The fraction of sp³-hybridized carbons (Fsp3) is 0.526. The Bertz CT molecular complexity index is 730. The first-order valence-electron chi connectivity index (χ1n) is 9.05. The fourth-order valence-corrected chi connectivity index (χ4v) is 4.37. The molecule has 0 bridgehead atoms. The van der Waals surface area contributed by atoms with E-state index in [1.54, 1.807) is 6.33 Å². The fourth-order valence-electron chi connectivity index (χ4n) is 3.46. The Kier molecular flexibility index (Phi) is 5.78. The Labute approximate surface area is 153 Å². The first-order chi connectivity index (χ1) is 12.1. The van der Waals surface area contributed by atoms with Crippen LogP contribution in [0.4, 0.5) is 0 Å². The molecule has 2 heterocycles. The number of aryl methyl sites for hydroxylation is 1. The van der Waals surface area contributed by atoms with Crippen LogP contribution in [0.5, 0.6) is 0 Å². The number of para-hydroxylation sites is 1. The largest absolute Gasteiger partial charge is 0.339 e. The van der Waals surface area contributed by atoms with Crippen LogP contribution in [0.1, 0.15) is 45.1 Å². The zero-order valence-corrected chi connectivity index (χ0v) is 16.0. The van der Waals surface area contributed by atoms with Crippen molar-refractivity contribution in [1.29, 1.82) is 0 Å². The van der Waals surface area contributed by atoms with E-state index in [0.29, 0.717) is 6.04 Å². The number of carbonyl (C=O) groups is 1. The molecule has 5 nitrogen and oxygen atoms in total. The molecule has 1 aliphatic rings. The summed E-state index contributed by atoms with van der Waals surface area (Å²) in [6.45, 7) is 7.10. The van der Waals surface area contributed by atoms with Crippen LogP contribution in [-0.4, -0.2) is 43.4 Å². The van der Waals surface area contributed by atoms with Gasteiger partial charge in [0.1, 0.15) is 6.33 Å². The van der Waals surface area contributed by atoms with E-state index in [0.717, 1.165) is 42.2 Å². The van der Waals surface area contributed by atoms with Crippen LogP contribution in [-0.2, 0) is 4.79 Å². The number of amides is 1. The Balaban J connectivity index is 1.76. The number of carbonyl (C=O) groups excluding carboxylic acids is 1. The van der Waals surface area contributed by atoms with Crippen molar-refractivity contribution in [1.82, 2.24) is 19.7 Å². The van der Waals surface area contributed by atoms with Gasteiger partial charge in [0.2, 0.25) is 5.91 Å². The second-order valence-electron chi connectivity index (χ2n) is 6.62. The lowest BCUT2D eigenvalue weighted by Crippen LogP contribution is -2.46. The highest BCUT2D eigenvalue weighted by Crippen LogP contribution is 2.28. The third kappa shape index (κ3) is 3.89. The maximum Gasteiger partial charge on any atom is 0.236 e. The number of nitrogens with zero attached hydrogens (tertiary/aromatic N) is 4. The number of rotatable bonds is 5. The minimum absolute atomic E-state index is 0.167. The summed E-state index contributed by atoms with van der Waals surface area (Å²) in [5.41, 5.74) is 2.21. The highest BCUT2D eigenvalue weighted by atomic mass is 32.2. The van der Waals surface area contributed by atoms with Gasteiger partial charge in [-0.2, -0.15) is 0 Å². The zero-order chi connectivity index (χ0) is 17.8. The lowest BCUT2D eigenvalue weighted by molar-refractivity contribution is -0.134. The van der Waals surface area contributed by atoms with Gasteiger partial charge in [0, 0.05) is 12.6 Å². The molecule has 2 aromatic rings. The number of benzene rings is 1. The molecule has 1 amide bonds. The van der Waals surface area contributed by atoms with Crippen molar-refractivity contribution in [3.05, 3.63) is 36.2 Å². The van der Waals surface area contributed by atoms with Gasteiger partial charge >= 0.3 is 0 Å². The molecule has 1 fully saturated rings. The molecular formula is C19H26N4OS. The molecule has 0 aliphatic carbocycles. The van der Waals surface area contributed by atoms with Crippen LogP contribution in [0.15, 0.2) is 35.7 Å². The van der Waals surface area contributed by atoms with E-state index in [1.807, 2.05) is 29.7 Å². The van der Waals surface area contributed by atoms with Crippen molar-refractivity contribution in [2.75, 3.05) is 6.54 Å². The van der Waals surface area contributed by atoms with Crippen molar-refractivity contribution in [3.63, 3.8) is 0 Å². The lowest BCUT2D eigenvalue weighted by atomic mass is 10.00. The van der Waals surface area contributed by atoms with Crippen LogP contribution in [0, 0.1) is 6.92 Å². The number of thioether (sulfide) groups is 1. The van der Waals surface area contributed by atoms with E-state index in [-0.39, 0.29) is 11.2 Å². The average Bonchev–Trinajstić information content (AvgIpc) is 3.09. The summed E-state index contributed by atoms with van der Waals surface area (Å²) in [5, 5.41) is 8.91. The Hall–Kier alpha value is -1.82. The highest BCUT2D eigenvalue weighted by molar-refractivity contribution is 8.00. The first-order valence-corrected chi connectivity index (χ1v) is 9.93. The second kappa shape index (κ2) is 8.04. The number of piperidine rings is 1. The molecule has 1 aromatic heterocycles. The predicted octanol–water partition coefficient (Wildman–Crippen LogP) is 3.85. The molecule has 0 spiro atoms. The molecule has 6 heteroatoms. The molecule has 0 radical (unpaired) electrons. The summed E-state index contributed by atoms with van der Waals surface area (Å²) in [6, 6.07) is 8.53. The van der Waals surface area contributed by atoms with E-state index in [1.165, 1.54) is 18.2 Å². The Morgan fingerprint density at radius 1 is 1.36 bits per heavy atom. The Morgan fingerprint density at radius 3 is 2.92 bits per heavy atom. The molecule has 2 atom stereocenters. The third-order valence-electron chi connectivity index (χ3n) is 4.90. The SMILES string of the molecule is CCC1CCCCN1C(=O)C(C)Sc1nncn1-c1ccccc1C. The monoisotopic (exact) mass is 358 g/mol. The molecular weight excluding hydrogens is 332 g/mol. The molecule has 0 saturated carbocycles.